The molecule has 2 aromatic rings. The Morgan fingerprint density at radius 2 is 2.06 bits per heavy atom. The van der Waals surface area contributed by atoms with Gasteiger partial charge >= 0.3 is 5.97 Å². The van der Waals surface area contributed by atoms with Crippen LogP contribution in [0.1, 0.15) is 6.92 Å². The standard InChI is InChI=1S/C13H13NO4/c1-8(13(16)17)18-11-5-3-4-10-9(11)6-7-14(2)12(10)15/h3-8H,1-2H3,(H,16,17). The molecule has 5 nitrogen and oxygen atoms in total. The van der Waals surface area contributed by atoms with Crippen LogP contribution in [0.25, 0.3) is 10.8 Å². The van der Waals surface area contributed by atoms with E-state index in [1.54, 1.807) is 37.5 Å². The second kappa shape index (κ2) is 4.52. The van der Waals surface area contributed by atoms with E-state index in [0.29, 0.717) is 16.5 Å². The summed E-state index contributed by atoms with van der Waals surface area (Å²) >= 11 is 0. The Morgan fingerprint density at radius 3 is 2.72 bits per heavy atom. The van der Waals surface area contributed by atoms with Crippen molar-refractivity contribution in [1.29, 1.82) is 0 Å². The van der Waals surface area contributed by atoms with E-state index in [1.807, 2.05) is 0 Å². The van der Waals surface area contributed by atoms with Crippen LogP contribution in [0.15, 0.2) is 35.3 Å². The second-order valence-electron chi connectivity index (χ2n) is 4.05. The van der Waals surface area contributed by atoms with Gasteiger partial charge in [0.05, 0.1) is 5.39 Å². The molecule has 2 rings (SSSR count). The van der Waals surface area contributed by atoms with Gasteiger partial charge in [-0.05, 0) is 25.1 Å². The molecule has 0 aliphatic carbocycles. The van der Waals surface area contributed by atoms with Crippen molar-refractivity contribution in [3.63, 3.8) is 0 Å². The molecular formula is C13H13NO4. The molecule has 0 amide bonds. The normalized spacial score (nSPS) is 12.3. The van der Waals surface area contributed by atoms with Crippen LogP contribution in [-0.4, -0.2) is 21.7 Å². The summed E-state index contributed by atoms with van der Waals surface area (Å²) in [6.45, 7) is 1.45. The van der Waals surface area contributed by atoms with Gasteiger partial charge in [-0.25, -0.2) is 4.79 Å². The maximum Gasteiger partial charge on any atom is 0.344 e. The molecule has 0 aliphatic rings. The molecule has 1 N–H and O–H groups in total. The number of aryl methyl sites for hydroxylation is 1. The highest BCUT2D eigenvalue weighted by atomic mass is 16.5. The fourth-order valence-corrected chi connectivity index (χ4v) is 1.69. The Balaban J connectivity index is 2.56. The monoisotopic (exact) mass is 247 g/mol. The first-order valence-electron chi connectivity index (χ1n) is 5.48. The number of aliphatic carboxylic acids is 1. The number of benzene rings is 1. The highest BCUT2D eigenvalue weighted by Crippen LogP contribution is 2.23. The SMILES string of the molecule is CC(Oc1cccc2c(=O)n(C)ccc12)C(=O)O. The van der Waals surface area contributed by atoms with Gasteiger partial charge in [-0.1, -0.05) is 6.07 Å². The number of aromatic nitrogens is 1. The number of carboxylic acid groups (broad SMARTS) is 1. The topological polar surface area (TPSA) is 68.5 Å². The number of ether oxygens (including phenoxy) is 1. The number of carboxylic acids is 1. The predicted molar refractivity (Wildman–Crippen MR) is 66.9 cm³/mol. The Bertz CT molecular complexity index is 660. The first kappa shape index (κ1) is 12.2. The van der Waals surface area contributed by atoms with E-state index >= 15 is 0 Å². The molecule has 5 heteroatoms. The van der Waals surface area contributed by atoms with Gasteiger partial charge in [0.15, 0.2) is 6.10 Å². The third-order valence-electron chi connectivity index (χ3n) is 2.73. The molecule has 0 bridgehead atoms. The third kappa shape index (κ3) is 2.07. The summed E-state index contributed by atoms with van der Waals surface area (Å²) in [5, 5.41) is 9.95. The summed E-state index contributed by atoms with van der Waals surface area (Å²) in [5.41, 5.74) is -0.138. The molecule has 1 atom stereocenters. The number of fused-ring (bicyclic) bond motifs is 1. The number of pyridine rings is 1. The van der Waals surface area contributed by atoms with E-state index in [4.69, 9.17) is 9.84 Å². The zero-order valence-electron chi connectivity index (χ0n) is 10.1. The zero-order valence-corrected chi connectivity index (χ0v) is 10.1. The minimum Gasteiger partial charge on any atom is -0.479 e. The summed E-state index contributed by atoms with van der Waals surface area (Å²) in [6.07, 6.45) is 0.669. The Kier molecular flexibility index (Phi) is 3.06. The van der Waals surface area contributed by atoms with Crippen LogP contribution in [0.4, 0.5) is 0 Å². The van der Waals surface area contributed by atoms with Crippen molar-refractivity contribution in [2.75, 3.05) is 0 Å². The van der Waals surface area contributed by atoms with E-state index in [1.165, 1.54) is 11.5 Å². The minimum absolute atomic E-state index is 0.138. The second-order valence-corrected chi connectivity index (χ2v) is 4.05. The lowest BCUT2D eigenvalue weighted by atomic mass is 10.1. The first-order valence-corrected chi connectivity index (χ1v) is 5.48. The summed E-state index contributed by atoms with van der Waals surface area (Å²) in [4.78, 5) is 22.7. The van der Waals surface area contributed by atoms with Crippen molar-refractivity contribution in [3.8, 4) is 5.75 Å². The molecule has 1 unspecified atom stereocenters. The van der Waals surface area contributed by atoms with Crippen LogP contribution < -0.4 is 10.3 Å². The molecule has 0 spiro atoms. The number of nitrogens with zero attached hydrogens (tertiary/aromatic N) is 1. The maximum absolute atomic E-state index is 11.9. The Hall–Kier alpha value is -2.30. The lowest BCUT2D eigenvalue weighted by molar-refractivity contribution is -0.144. The van der Waals surface area contributed by atoms with Crippen LogP contribution in [-0.2, 0) is 11.8 Å². The van der Waals surface area contributed by atoms with Crippen LogP contribution >= 0.6 is 0 Å². The van der Waals surface area contributed by atoms with E-state index in [9.17, 15) is 9.59 Å². The van der Waals surface area contributed by atoms with Crippen molar-refractivity contribution in [1.82, 2.24) is 4.57 Å². The highest BCUT2D eigenvalue weighted by molar-refractivity contribution is 5.87. The summed E-state index contributed by atoms with van der Waals surface area (Å²) in [5.74, 6) is -0.643. The van der Waals surface area contributed by atoms with Gasteiger partial charge in [0, 0.05) is 18.6 Å². The third-order valence-corrected chi connectivity index (χ3v) is 2.73. The van der Waals surface area contributed by atoms with Crippen LogP contribution in [0.5, 0.6) is 5.75 Å². The average molecular weight is 247 g/mol. The highest BCUT2D eigenvalue weighted by Gasteiger charge is 2.14. The molecule has 1 heterocycles. The number of rotatable bonds is 3. The predicted octanol–water partition coefficient (Wildman–Crippen LogP) is 1.39. The van der Waals surface area contributed by atoms with Gasteiger partial charge < -0.3 is 14.4 Å². The molecule has 0 aliphatic heterocycles. The summed E-state index contributed by atoms with van der Waals surface area (Å²) in [6, 6.07) is 6.76. The van der Waals surface area contributed by atoms with Crippen LogP contribution in [0.3, 0.4) is 0 Å². The lowest BCUT2D eigenvalue weighted by Gasteiger charge is -2.12. The van der Waals surface area contributed by atoms with E-state index in [-0.39, 0.29) is 5.56 Å². The molecule has 94 valence electrons. The number of carbonyl (C=O) groups is 1. The van der Waals surface area contributed by atoms with E-state index < -0.39 is 12.1 Å². The first-order chi connectivity index (χ1) is 8.50. The number of hydrogen-bond acceptors (Lipinski definition) is 3. The molecule has 18 heavy (non-hydrogen) atoms. The minimum atomic E-state index is -1.05. The molecular weight excluding hydrogens is 234 g/mol. The van der Waals surface area contributed by atoms with Crippen LogP contribution in [0.2, 0.25) is 0 Å². The van der Waals surface area contributed by atoms with Crippen LogP contribution in [0, 0.1) is 0 Å². The largest absolute Gasteiger partial charge is 0.479 e. The van der Waals surface area contributed by atoms with Crippen molar-refractivity contribution in [2.45, 2.75) is 13.0 Å². The van der Waals surface area contributed by atoms with Gasteiger partial charge in [0.1, 0.15) is 5.75 Å². The number of hydrogen-bond donors (Lipinski definition) is 1. The zero-order chi connectivity index (χ0) is 13.3. The van der Waals surface area contributed by atoms with Crippen molar-refractivity contribution >= 4 is 16.7 Å². The molecule has 0 radical (unpaired) electrons. The van der Waals surface area contributed by atoms with Crippen molar-refractivity contribution in [3.05, 3.63) is 40.8 Å². The van der Waals surface area contributed by atoms with Crippen molar-refractivity contribution < 1.29 is 14.6 Å². The fourth-order valence-electron chi connectivity index (χ4n) is 1.69. The summed E-state index contributed by atoms with van der Waals surface area (Å²) < 4.78 is 6.80. The molecule has 0 fully saturated rings. The Labute approximate surface area is 103 Å². The molecule has 1 aromatic carbocycles. The van der Waals surface area contributed by atoms with Crippen molar-refractivity contribution in [2.24, 2.45) is 7.05 Å². The van der Waals surface area contributed by atoms with Gasteiger partial charge in [0.25, 0.3) is 5.56 Å². The van der Waals surface area contributed by atoms with E-state index in [2.05, 4.69) is 0 Å². The fraction of sp³-hybridized carbons (Fsp3) is 0.231. The van der Waals surface area contributed by atoms with Gasteiger partial charge in [-0.2, -0.15) is 0 Å². The smallest absolute Gasteiger partial charge is 0.344 e. The maximum atomic E-state index is 11.9. The average Bonchev–Trinajstić information content (AvgIpc) is 2.34. The summed E-state index contributed by atoms with van der Waals surface area (Å²) in [7, 11) is 1.66. The van der Waals surface area contributed by atoms with Gasteiger partial charge in [-0.15, -0.1) is 0 Å². The molecule has 1 aromatic heterocycles. The molecule has 0 saturated heterocycles. The van der Waals surface area contributed by atoms with Gasteiger partial charge in [-0.3, -0.25) is 4.79 Å². The Morgan fingerprint density at radius 1 is 1.33 bits per heavy atom. The quantitative estimate of drug-likeness (QED) is 0.889. The lowest BCUT2D eigenvalue weighted by Crippen LogP contribution is -2.23. The van der Waals surface area contributed by atoms with E-state index in [0.717, 1.165) is 0 Å². The molecule has 0 saturated carbocycles. The van der Waals surface area contributed by atoms with Gasteiger partial charge in [0.2, 0.25) is 0 Å².